The van der Waals surface area contributed by atoms with Crippen LogP contribution in [-0.2, 0) is 14.3 Å². The van der Waals surface area contributed by atoms with Crippen molar-refractivity contribution < 1.29 is 19.4 Å². The quantitative estimate of drug-likeness (QED) is 0.676. The van der Waals surface area contributed by atoms with E-state index in [-0.39, 0.29) is 12.5 Å². The second-order valence-corrected chi connectivity index (χ2v) is 4.53. The molecular formula is C14H20N2O4. The normalized spacial score (nSPS) is 15.2. The largest absolute Gasteiger partial charge is 0.479 e. The number of nitrogens with one attached hydrogen (secondary N) is 1. The van der Waals surface area contributed by atoms with Crippen LogP contribution in [0.25, 0.3) is 0 Å². The number of ether oxygens (including phenoxy) is 1. The lowest BCUT2D eigenvalue weighted by molar-refractivity contribution is -0.148. The van der Waals surface area contributed by atoms with Crippen LogP contribution in [0.3, 0.4) is 0 Å². The molecule has 0 saturated heterocycles. The summed E-state index contributed by atoms with van der Waals surface area (Å²) in [5.41, 5.74) is 6.89. The first-order valence-electron chi connectivity index (χ1n) is 6.31. The van der Waals surface area contributed by atoms with Crippen LogP contribution in [0, 0.1) is 5.92 Å². The molecule has 1 aromatic carbocycles. The number of carbonyl (C=O) groups is 2. The third-order valence-corrected chi connectivity index (χ3v) is 3.16. The molecule has 3 unspecified atom stereocenters. The van der Waals surface area contributed by atoms with Crippen molar-refractivity contribution in [1.29, 1.82) is 0 Å². The van der Waals surface area contributed by atoms with Crippen LogP contribution < -0.4 is 11.1 Å². The lowest BCUT2D eigenvalue weighted by Crippen LogP contribution is -2.42. The Morgan fingerprint density at radius 1 is 1.35 bits per heavy atom. The summed E-state index contributed by atoms with van der Waals surface area (Å²) in [6.07, 6.45) is -1.06. The molecule has 4 N–H and O–H groups in total. The third kappa shape index (κ3) is 4.32. The average molecular weight is 280 g/mol. The van der Waals surface area contributed by atoms with E-state index >= 15 is 0 Å². The molecule has 0 radical (unpaired) electrons. The Bertz CT molecular complexity index is 450. The molecular weight excluding hydrogens is 260 g/mol. The predicted molar refractivity (Wildman–Crippen MR) is 74.0 cm³/mol. The molecule has 110 valence electrons. The number of methoxy groups -OCH3 is 1. The van der Waals surface area contributed by atoms with Gasteiger partial charge in [0.05, 0.1) is 12.5 Å². The first-order chi connectivity index (χ1) is 9.47. The zero-order valence-corrected chi connectivity index (χ0v) is 11.6. The van der Waals surface area contributed by atoms with Crippen molar-refractivity contribution in [2.45, 2.75) is 19.1 Å². The summed E-state index contributed by atoms with van der Waals surface area (Å²) < 4.78 is 4.74. The number of aliphatic carboxylic acids is 1. The molecule has 0 heterocycles. The molecule has 0 aromatic heterocycles. The molecule has 0 aliphatic heterocycles. The Balaban J connectivity index is 2.57. The number of carboxylic acid groups (broad SMARTS) is 1. The van der Waals surface area contributed by atoms with Crippen molar-refractivity contribution in [2.75, 3.05) is 13.7 Å². The Morgan fingerprint density at radius 3 is 2.45 bits per heavy atom. The van der Waals surface area contributed by atoms with E-state index in [1.54, 1.807) is 6.92 Å². The summed E-state index contributed by atoms with van der Waals surface area (Å²) in [5, 5.41) is 11.4. The van der Waals surface area contributed by atoms with E-state index in [0.717, 1.165) is 5.56 Å². The molecule has 3 atom stereocenters. The highest BCUT2D eigenvalue weighted by Crippen LogP contribution is 2.18. The van der Waals surface area contributed by atoms with Crippen LogP contribution in [0.5, 0.6) is 0 Å². The number of carbonyl (C=O) groups excluding carboxylic acids is 1. The Hall–Kier alpha value is -1.92. The molecule has 1 amide bonds. The van der Waals surface area contributed by atoms with E-state index in [1.165, 1.54) is 7.11 Å². The zero-order valence-electron chi connectivity index (χ0n) is 11.6. The maximum atomic E-state index is 12.0. The fourth-order valence-electron chi connectivity index (χ4n) is 1.75. The van der Waals surface area contributed by atoms with Crippen molar-refractivity contribution in [2.24, 2.45) is 11.7 Å². The summed E-state index contributed by atoms with van der Waals surface area (Å²) >= 11 is 0. The van der Waals surface area contributed by atoms with E-state index in [0.29, 0.717) is 0 Å². The first kappa shape index (κ1) is 16.1. The van der Waals surface area contributed by atoms with Gasteiger partial charge in [-0.05, 0) is 5.56 Å². The van der Waals surface area contributed by atoms with Crippen molar-refractivity contribution in [1.82, 2.24) is 5.32 Å². The Labute approximate surface area is 117 Å². The van der Waals surface area contributed by atoms with Crippen LogP contribution in [0.4, 0.5) is 0 Å². The van der Waals surface area contributed by atoms with Crippen LogP contribution in [0.15, 0.2) is 30.3 Å². The second-order valence-electron chi connectivity index (χ2n) is 4.53. The second kappa shape index (κ2) is 7.62. The van der Waals surface area contributed by atoms with E-state index < -0.39 is 24.0 Å². The number of amides is 1. The van der Waals surface area contributed by atoms with Crippen molar-refractivity contribution in [3.8, 4) is 0 Å². The van der Waals surface area contributed by atoms with Gasteiger partial charge in [-0.25, -0.2) is 4.79 Å². The van der Waals surface area contributed by atoms with Crippen molar-refractivity contribution in [3.63, 3.8) is 0 Å². The summed E-state index contributed by atoms with van der Waals surface area (Å²) in [7, 11) is 1.28. The maximum Gasteiger partial charge on any atom is 0.334 e. The summed E-state index contributed by atoms with van der Waals surface area (Å²) in [6, 6.07) is 8.84. The van der Waals surface area contributed by atoms with Gasteiger partial charge in [-0.1, -0.05) is 37.3 Å². The van der Waals surface area contributed by atoms with E-state index in [4.69, 9.17) is 15.6 Å². The number of nitrogens with two attached hydrogens (primary N) is 1. The summed E-state index contributed by atoms with van der Waals surface area (Å²) in [4.78, 5) is 22.7. The highest BCUT2D eigenvalue weighted by atomic mass is 16.5. The molecule has 0 spiro atoms. The highest BCUT2D eigenvalue weighted by Gasteiger charge is 2.24. The fraction of sp³-hybridized carbons (Fsp3) is 0.429. The van der Waals surface area contributed by atoms with E-state index in [2.05, 4.69) is 5.32 Å². The Morgan fingerprint density at radius 2 is 1.95 bits per heavy atom. The van der Waals surface area contributed by atoms with Gasteiger partial charge < -0.3 is 20.9 Å². The number of hydrogen-bond donors (Lipinski definition) is 3. The van der Waals surface area contributed by atoms with Gasteiger partial charge in [0.25, 0.3) is 0 Å². The summed E-state index contributed by atoms with van der Waals surface area (Å²) in [5.74, 6) is -1.89. The first-order valence-corrected chi connectivity index (χ1v) is 6.31. The summed E-state index contributed by atoms with van der Waals surface area (Å²) in [6.45, 7) is 1.62. The molecule has 0 aliphatic carbocycles. The van der Waals surface area contributed by atoms with Gasteiger partial charge in [0.1, 0.15) is 0 Å². The number of benzene rings is 1. The predicted octanol–water partition coefficient (Wildman–Crippen LogP) is 0.538. The minimum absolute atomic E-state index is 0.0868. The standard InChI is InChI=1S/C14H20N2O4/c1-9(12(15)10-6-4-3-5-7-10)13(17)16-8-11(20-2)14(18)19/h3-7,9,11-12H,8,15H2,1-2H3,(H,16,17)(H,18,19). The van der Waals surface area contributed by atoms with Gasteiger partial charge in [0.15, 0.2) is 6.10 Å². The SMILES string of the molecule is COC(CNC(=O)C(C)C(N)c1ccccc1)C(=O)O. The van der Waals surface area contributed by atoms with E-state index in [1.807, 2.05) is 30.3 Å². The lowest BCUT2D eigenvalue weighted by Gasteiger charge is -2.20. The number of rotatable bonds is 7. The van der Waals surface area contributed by atoms with Crippen LogP contribution in [0.2, 0.25) is 0 Å². The van der Waals surface area contributed by atoms with Crippen molar-refractivity contribution >= 4 is 11.9 Å². The molecule has 1 aromatic rings. The molecule has 0 fully saturated rings. The molecule has 0 saturated carbocycles. The van der Waals surface area contributed by atoms with Crippen LogP contribution >= 0.6 is 0 Å². The molecule has 0 aliphatic rings. The minimum atomic E-state index is -1.12. The van der Waals surface area contributed by atoms with Crippen molar-refractivity contribution in [3.05, 3.63) is 35.9 Å². The molecule has 1 rings (SSSR count). The monoisotopic (exact) mass is 280 g/mol. The van der Waals surface area contributed by atoms with Gasteiger partial charge in [0.2, 0.25) is 5.91 Å². The third-order valence-electron chi connectivity index (χ3n) is 3.16. The maximum absolute atomic E-state index is 12.0. The molecule has 20 heavy (non-hydrogen) atoms. The minimum Gasteiger partial charge on any atom is -0.479 e. The van der Waals surface area contributed by atoms with Gasteiger partial charge >= 0.3 is 5.97 Å². The smallest absolute Gasteiger partial charge is 0.334 e. The van der Waals surface area contributed by atoms with Gasteiger partial charge in [-0.3, -0.25) is 4.79 Å². The van der Waals surface area contributed by atoms with Gasteiger partial charge in [-0.15, -0.1) is 0 Å². The lowest BCUT2D eigenvalue weighted by atomic mass is 9.94. The molecule has 0 bridgehead atoms. The fourth-order valence-corrected chi connectivity index (χ4v) is 1.75. The zero-order chi connectivity index (χ0) is 15.1. The number of carboxylic acids is 1. The molecule has 6 nitrogen and oxygen atoms in total. The Kier molecular flexibility index (Phi) is 6.14. The van der Waals surface area contributed by atoms with Gasteiger partial charge in [0, 0.05) is 13.2 Å². The topological polar surface area (TPSA) is 102 Å². The highest BCUT2D eigenvalue weighted by molar-refractivity contribution is 5.80. The van der Waals surface area contributed by atoms with Crippen LogP contribution in [0.1, 0.15) is 18.5 Å². The van der Waals surface area contributed by atoms with E-state index in [9.17, 15) is 9.59 Å². The molecule has 6 heteroatoms. The van der Waals surface area contributed by atoms with Gasteiger partial charge in [-0.2, -0.15) is 0 Å². The van der Waals surface area contributed by atoms with Crippen LogP contribution in [-0.4, -0.2) is 36.7 Å². The average Bonchev–Trinajstić information content (AvgIpc) is 2.46. The number of hydrogen-bond acceptors (Lipinski definition) is 4.